The highest BCUT2D eigenvalue weighted by Crippen LogP contribution is 2.37. The van der Waals surface area contributed by atoms with Crippen molar-refractivity contribution in [1.82, 2.24) is 9.97 Å². The number of rotatable bonds is 3. The molecule has 156 valence electrons. The van der Waals surface area contributed by atoms with Gasteiger partial charge in [0.1, 0.15) is 0 Å². The fourth-order valence-corrected chi connectivity index (χ4v) is 3.83. The van der Waals surface area contributed by atoms with Crippen LogP contribution in [0.4, 0.5) is 5.69 Å². The Balaban J connectivity index is 1.62. The Morgan fingerprint density at radius 1 is 1.00 bits per heavy atom. The van der Waals surface area contributed by atoms with Gasteiger partial charge in [0.05, 0.1) is 22.3 Å². The number of benzene rings is 3. The van der Waals surface area contributed by atoms with Gasteiger partial charge in [-0.25, -0.2) is 4.98 Å². The van der Waals surface area contributed by atoms with E-state index in [-0.39, 0.29) is 11.6 Å². The van der Waals surface area contributed by atoms with Crippen molar-refractivity contribution in [3.63, 3.8) is 0 Å². The highest BCUT2D eigenvalue weighted by molar-refractivity contribution is 6.31. The molecule has 1 amide bonds. The first-order valence-electron chi connectivity index (χ1n) is 9.93. The van der Waals surface area contributed by atoms with Crippen molar-refractivity contribution < 1.29 is 9.90 Å². The number of hydrogen-bond donors (Lipinski definition) is 2. The molecular formula is C25H17ClN4O2. The number of carbonyl (C=O) groups is 1. The first kappa shape index (κ1) is 19.9. The molecular weight excluding hydrogens is 424 g/mol. The molecule has 7 heteroatoms. The van der Waals surface area contributed by atoms with E-state index in [1.807, 2.05) is 55.5 Å². The molecule has 0 unspecified atom stereocenters. The van der Waals surface area contributed by atoms with Crippen molar-refractivity contribution >= 4 is 45.0 Å². The molecule has 0 radical (unpaired) electrons. The second-order valence-electron chi connectivity index (χ2n) is 7.46. The van der Waals surface area contributed by atoms with E-state index in [1.54, 1.807) is 24.3 Å². The molecule has 0 aliphatic heterocycles. The number of aryl methyl sites for hydroxylation is 1. The number of amides is 1. The third-order valence-corrected chi connectivity index (χ3v) is 5.45. The molecule has 0 saturated heterocycles. The first-order chi connectivity index (χ1) is 15.5. The van der Waals surface area contributed by atoms with Crippen molar-refractivity contribution in [3.05, 3.63) is 88.9 Å². The molecule has 32 heavy (non-hydrogen) atoms. The molecule has 5 aromatic rings. The molecule has 2 aromatic heterocycles. The lowest BCUT2D eigenvalue weighted by Crippen LogP contribution is -1.99. The molecule has 2 heterocycles. The van der Waals surface area contributed by atoms with E-state index in [4.69, 9.17) is 16.6 Å². The summed E-state index contributed by atoms with van der Waals surface area (Å²) in [6.45, 7) is 1.95. The fourth-order valence-electron chi connectivity index (χ4n) is 3.66. The van der Waals surface area contributed by atoms with Gasteiger partial charge in [-0.05, 0) is 43.3 Å². The van der Waals surface area contributed by atoms with Crippen LogP contribution in [0.2, 0.25) is 5.02 Å². The average molecular weight is 441 g/mol. The third kappa shape index (κ3) is 3.61. The van der Waals surface area contributed by atoms with Gasteiger partial charge in [0, 0.05) is 21.4 Å². The predicted molar refractivity (Wildman–Crippen MR) is 126 cm³/mol. The number of nitrogens with zero attached hydrogens (tertiary/aromatic N) is 3. The minimum atomic E-state index is -0.532. The summed E-state index contributed by atoms with van der Waals surface area (Å²) in [5.41, 5.74) is 4.45. The Morgan fingerprint density at radius 3 is 2.62 bits per heavy atom. The second kappa shape index (κ2) is 7.90. The van der Waals surface area contributed by atoms with Crippen molar-refractivity contribution in [2.24, 2.45) is 10.2 Å². The summed E-state index contributed by atoms with van der Waals surface area (Å²) in [5, 5.41) is 20.0. The zero-order chi connectivity index (χ0) is 22.2. The normalized spacial score (nSPS) is 11.6. The van der Waals surface area contributed by atoms with Gasteiger partial charge in [-0.1, -0.05) is 53.6 Å². The molecule has 0 bridgehead atoms. The van der Waals surface area contributed by atoms with Crippen LogP contribution < -0.4 is 0 Å². The number of carbonyl (C=O) groups excluding carboxylic acids is 1. The minimum absolute atomic E-state index is 0.161. The molecule has 0 aliphatic rings. The summed E-state index contributed by atoms with van der Waals surface area (Å²) in [7, 11) is 0. The summed E-state index contributed by atoms with van der Waals surface area (Å²) >= 11 is 6.07. The molecule has 2 N–H and O–H groups in total. The van der Waals surface area contributed by atoms with Gasteiger partial charge in [-0.3, -0.25) is 4.79 Å². The van der Waals surface area contributed by atoms with Gasteiger partial charge in [0.25, 0.3) is 5.91 Å². The number of aromatic amines is 1. The molecule has 0 atom stereocenters. The smallest absolute Gasteiger partial charge is 0.296 e. The maximum absolute atomic E-state index is 13.2. The first-order valence-corrected chi connectivity index (χ1v) is 10.3. The number of halogens is 1. The number of pyridine rings is 1. The zero-order valence-electron chi connectivity index (χ0n) is 17.0. The second-order valence-corrected chi connectivity index (χ2v) is 7.90. The number of aromatic nitrogens is 2. The van der Waals surface area contributed by atoms with Crippen LogP contribution in [0.3, 0.4) is 0 Å². The van der Waals surface area contributed by atoms with E-state index in [9.17, 15) is 9.90 Å². The van der Waals surface area contributed by atoms with Gasteiger partial charge in [-0.2, -0.15) is 0 Å². The van der Waals surface area contributed by atoms with Crippen molar-refractivity contribution in [2.75, 3.05) is 0 Å². The number of aromatic hydroxyl groups is 1. The van der Waals surface area contributed by atoms with Gasteiger partial charge in [0.15, 0.2) is 5.69 Å². The van der Waals surface area contributed by atoms with Crippen molar-refractivity contribution in [3.8, 4) is 17.1 Å². The van der Waals surface area contributed by atoms with E-state index in [1.165, 1.54) is 0 Å². The molecule has 0 fully saturated rings. The molecule has 0 aliphatic carbocycles. The zero-order valence-corrected chi connectivity index (χ0v) is 17.8. The lowest BCUT2D eigenvalue weighted by atomic mass is 10.0. The van der Waals surface area contributed by atoms with E-state index < -0.39 is 5.91 Å². The summed E-state index contributed by atoms with van der Waals surface area (Å²) in [4.78, 5) is 20.7. The third-order valence-electron chi connectivity index (χ3n) is 5.22. The maximum Gasteiger partial charge on any atom is 0.296 e. The topological polar surface area (TPSA) is 90.7 Å². The van der Waals surface area contributed by atoms with E-state index in [2.05, 4.69) is 15.2 Å². The van der Waals surface area contributed by atoms with Crippen LogP contribution in [0.5, 0.6) is 5.88 Å². The number of azo groups is 1. The SMILES string of the molecule is Cc1ccc2nc(-c3ccccc3)cc(C(=O)N=Nc3c(O)[nH]c4ccc(Cl)cc34)c2c1. The molecule has 3 aromatic carbocycles. The summed E-state index contributed by atoms with van der Waals surface area (Å²) < 4.78 is 0. The van der Waals surface area contributed by atoms with E-state index in [0.29, 0.717) is 38.1 Å². The van der Waals surface area contributed by atoms with Crippen molar-refractivity contribution in [1.29, 1.82) is 0 Å². The number of hydrogen-bond acceptors (Lipinski definition) is 4. The molecule has 0 saturated carbocycles. The standard InChI is InChI=1S/C25H17ClN4O2/c1-14-7-9-20-17(11-14)18(13-22(27-20)15-5-3-2-4-6-15)24(31)30-29-23-19-12-16(26)8-10-21(19)28-25(23)32/h2-13,28,32H,1H3. The Bertz CT molecular complexity index is 1520. The number of H-pyrrole nitrogens is 1. The highest BCUT2D eigenvalue weighted by atomic mass is 35.5. The largest absolute Gasteiger partial charge is 0.493 e. The van der Waals surface area contributed by atoms with Crippen LogP contribution in [-0.4, -0.2) is 21.0 Å². The fraction of sp³-hybridized carbons (Fsp3) is 0.0400. The number of nitrogens with one attached hydrogen (secondary N) is 1. The monoisotopic (exact) mass is 440 g/mol. The Hall–Kier alpha value is -4.03. The lowest BCUT2D eigenvalue weighted by molar-refractivity contribution is 0.0996. The molecule has 6 nitrogen and oxygen atoms in total. The van der Waals surface area contributed by atoms with E-state index in [0.717, 1.165) is 11.1 Å². The molecule has 5 rings (SSSR count). The van der Waals surface area contributed by atoms with Crippen LogP contribution >= 0.6 is 11.6 Å². The van der Waals surface area contributed by atoms with Crippen LogP contribution in [0.15, 0.2) is 83.0 Å². The quantitative estimate of drug-likeness (QED) is 0.296. The number of fused-ring (bicyclic) bond motifs is 2. The van der Waals surface area contributed by atoms with Gasteiger partial charge in [-0.15, -0.1) is 10.2 Å². The Kier molecular flexibility index (Phi) is 4.92. The average Bonchev–Trinajstić information content (AvgIpc) is 3.11. The van der Waals surface area contributed by atoms with E-state index >= 15 is 0 Å². The van der Waals surface area contributed by atoms with Crippen LogP contribution in [0, 0.1) is 6.92 Å². The lowest BCUT2D eigenvalue weighted by Gasteiger charge is -2.08. The van der Waals surface area contributed by atoms with Crippen LogP contribution in [0.25, 0.3) is 33.1 Å². The summed E-state index contributed by atoms with van der Waals surface area (Å²) in [6, 6.07) is 22.2. The highest BCUT2D eigenvalue weighted by Gasteiger charge is 2.16. The molecule has 0 spiro atoms. The van der Waals surface area contributed by atoms with Gasteiger partial charge >= 0.3 is 0 Å². The maximum atomic E-state index is 13.2. The predicted octanol–water partition coefficient (Wildman–Crippen LogP) is 6.97. The van der Waals surface area contributed by atoms with Crippen molar-refractivity contribution in [2.45, 2.75) is 6.92 Å². The summed E-state index contributed by atoms with van der Waals surface area (Å²) in [5.74, 6) is -0.713. The van der Waals surface area contributed by atoms with Gasteiger partial charge < -0.3 is 10.1 Å². The van der Waals surface area contributed by atoms with Crippen LogP contribution in [0.1, 0.15) is 15.9 Å². The summed E-state index contributed by atoms with van der Waals surface area (Å²) in [6.07, 6.45) is 0. The Labute approximate surface area is 188 Å². The van der Waals surface area contributed by atoms with Crippen LogP contribution in [-0.2, 0) is 0 Å². The Morgan fingerprint density at radius 2 is 1.81 bits per heavy atom. The van der Waals surface area contributed by atoms with Gasteiger partial charge in [0.2, 0.25) is 5.88 Å². The minimum Gasteiger partial charge on any atom is -0.493 e.